The van der Waals surface area contributed by atoms with E-state index in [1.807, 2.05) is 0 Å². The second kappa shape index (κ2) is 3.55. The number of rotatable bonds is 2. The molecule has 2 rings (SSSR count). The van der Waals surface area contributed by atoms with Gasteiger partial charge in [-0.15, -0.1) is 0 Å². The summed E-state index contributed by atoms with van der Waals surface area (Å²) in [5.41, 5.74) is 0.958. The summed E-state index contributed by atoms with van der Waals surface area (Å²) in [6.45, 7) is 0.575. The second-order valence-electron chi connectivity index (χ2n) is 2.97. The van der Waals surface area contributed by atoms with Crippen LogP contribution in [0.5, 0.6) is 0 Å². The van der Waals surface area contributed by atoms with Gasteiger partial charge in [-0.25, -0.2) is 9.37 Å². The Hall–Kier alpha value is -1.13. The van der Waals surface area contributed by atoms with Crippen molar-refractivity contribution in [2.24, 2.45) is 0 Å². The number of aromatic amines is 1. The largest absolute Gasteiger partial charge is 0.341 e. The van der Waals surface area contributed by atoms with Crippen molar-refractivity contribution < 1.29 is 4.39 Å². The Morgan fingerprint density at radius 2 is 2.36 bits per heavy atom. The molecule has 0 fully saturated rings. The van der Waals surface area contributed by atoms with Gasteiger partial charge in [0.1, 0.15) is 11.3 Å². The molecule has 2 aromatic rings. The summed E-state index contributed by atoms with van der Waals surface area (Å²) in [4.78, 5) is 7.08. The highest BCUT2D eigenvalue weighted by Crippen LogP contribution is 2.22. The average molecular weight is 214 g/mol. The van der Waals surface area contributed by atoms with Gasteiger partial charge in [0.05, 0.1) is 17.1 Å². The zero-order valence-corrected chi connectivity index (χ0v) is 8.32. The van der Waals surface area contributed by atoms with Crippen LogP contribution in [0.1, 0.15) is 5.82 Å². The highest BCUT2D eigenvalue weighted by atomic mass is 35.5. The standard InChI is InChI=1S/C9H9ClFN3/c1-12-4-7-13-6-3-2-5(10)8(11)9(6)14-7/h2-3,12H,4H2,1H3,(H,13,14). The highest BCUT2D eigenvalue weighted by Gasteiger charge is 2.09. The molecule has 74 valence electrons. The number of halogens is 2. The summed E-state index contributed by atoms with van der Waals surface area (Å²) in [7, 11) is 1.80. The van der Waals surface area contributed by atoms with Gasteiger partial charge in [0.25, 0.3) is 0 Å². The third-order valence-electron chi connectivity index (χ3n) is 1.94. The van der Waals surface area contributed by atoms with Crippen molar-refractivity contribution in [2.75, 3.05) is 7.05 Å². The minimum atomic E-state index is -0.470. The van der Waals surface area contributed by atoms with E-state index < -0.39 is 5.82 Å². The van der Waals surface area contributed by atoms with Gasteiger partial charge in [-0.05, 0) is 19.2 Å². The van der Waals surface area contributed by atoms with Crippen LogP contribution >= 0.6 is 11.6 Å². The lowest BCUT2D eigenvalue weighted by Crippen LogP contribution is -2.06. The molecule has 0 spiro atoms. The monoisotopic (exact) mass is 213 g/mol. The number of aromatic nitrogens is 2. The summed E-state index contributed by atoms with van der Waals surface area (Å²) in [5, 5.41) is 3.03. The van der Waals surface area contributed by atoms with Crippen LogP contribution in [0.2, 0.25) is 5.02 Å². The molecule has 1 aromatic carbocycles. The first-order valence-electron chi connectivity index (χ1n) is 4.19. The van der Waals surface area contributed by atoms with E-state index in [2.05, 4.69) is 15.3 Å². The van der Waals surface area contributed by atoms with Crippen LogP contribution in [0.3, 0.4) is 0 Å². The Morgan fingerprint density at radius 3 is 3.07 bits per heavy atom. The van der Waals surface area contributed by atoms with Crippen molar-refractivity contribution in [3.05, 3.63) is 28.8 Å². The zero-order valence-electron chi connectivity index (χ0n) is 7.56. The lowest BCUT2D eigenvalue weighted by Gasteiger charge is -1.92. The maximum Gasteiger partial charge on any atom is 0.169 e. The summed E-state index contributed by atoms with van der Waals surface area (Å²) < 4.78 is 13.4. The predicted octanol–water partition coefficient (Wildman–Crippen LogP) is 2.07. The topological polar surface area (TPSA) is 40.7 Å². The first kappa shape index (κ1) is 9.43. The molecule has 2 N–H and O–H groups in total. The Bertz CT molecular complexity index is 466. The molecule has 0 aliphatic carbocycles. The van der Waals surface area contributed by atoms with Crippen LogP contribution in [0.15, 0.2) is 12.1 Å². The summed E-state index contributed by atoms with van der Waals surface area (Å²) in [6, 6.07) is 3.23. The van der Waals surface area contributed by atoms with E-state index in [1.54, 1.807) is 13.1 Å². The molecule has 0 aliphatic rings. The molecule has 0 radical (unpaired) electrons. The van der Waals surface area contributed by atoms with E-state index in [0.29, 0.717) is 23.4 Å². The number of benzene rings is 1. The summed E-state index contributed by atoms with van der Waals surface area (Å²) >= 11 is 5.63. The summed E-state index contributed by atoms with van der Waals surface area (Å²) in [5.74, 6) is 0.228. The van der Waals surface area contributed by atoms with E-state index in [-0.39, 0.29) is 5.02 Å². The van der Waals surface area contributed by atoms with Crippen molar-refractivity contribution in [2.45, 2.75) is 6.54 Å². The molecule has 0 bridgehead atoms. The van der Waals surface area contributed by atoms with E-state index >= 15 is 0 Å². The lowest BCUT2D eigenvalue weighted by atomic mass is 10.3. The number of hydrogen-bond donors (Lipinski definition) is 2. The van der Waals surface area contributed by atoms with Gasteiger partial charge in [-0.1, -0.05) is 11.6 Å². The molecule has 3 nitrogen and oxygen atoms in total. The Kier molecular flexibility index (Phi) is 2.39. The van der Waals surface area contributed by atoms with Crippen LogP contribution in [-0.2, 0) is 6.54 Å². The number of H-pyrrole nitrogens is 1. The fraction of sp³-hybridized carbons (Fsp3) is 0.222. The third kappa shape index (κ3) is 1.47. The molecular formula is C9H9ClFN3. The highest BCUT2D eigenvalue weighted by molar-refractivity contribution is 6.31. The van der Waals surface area contributed by atoms with Gasteiger partial charge in [0.15, 0.2) is 5.82 Å². The van der Waals surface area contributed by atoms with Gasteiger partial charge in [0, 0.05) is 0 Å². The van der Waals surface area contributed by atoms with E-state index in [9.17, 15) is 4.39 Å². The van der Waals surface area contributed by atoms with Crippen LogP contribution in [0, 0.1) is 5.82 Å². The normalized spacial score (nSPS) is 11.1. The number of hydrogen-bond acceptors (Lipinski definition) is 2. The van der Waals surface area contributed by atoms with Gasteiger partial charge >= 0.3 is 0 Å². The lowest BCUT2D eigenvalue weighted by molar-refractivity contribution is 0.637. The maximum atomic E-state index is 13.4. The predicted molar refractivity (Wildman–Crippen MR) is 53.8 cm³/mol. The minimum Gasteiger partial charge on any atom is -0.341 e. The molecule has 1 aromatic heterocycles. The van der Waals surface area contributed by atoms with Crippen molar-refractivity contribution in [3.8, 4) is 0 Å². The van der Waals surface area contributed by atoms with E-state index in [1.165, 1.54) is 6.07 Å². The van der Waals surface area contributed by atoms with Crippen LogP contribution in [0.4, 0.5) is 4.39 Å². The number of fused-ring (bicyclic) bond motifs is 1. The van der Waals surface area contributed by atoms with Gasteiger partial charge in [0.2, 0.25) is 0 Å². The fourth-order valence-electron chi connectivity index (χ4n) is 1.32. The van der Waals surface area contributed by atoms with Gasteiger partial charge in [-0.2, -0.15) is 0 Å². The van der Waals surface area contributed by atoms with Crippen LogP contribution in [-0.4, -0.2) is 17.0 Å². The molecular weight excluding hydrogens is 205 g/mol. The Morgan fingerprint density at radius 1 is 1.57 bits per heavy atom. The summed E-state index contributed by atoms with van der Waals surface area (Å²) in [6.07, 6.45) is 0. The van der Waals surface area contributed by atoms with Gasteiger partial charge < -0.3 is 10.3 Å². The molecule has 1 heterocycles. The maximum absolute atomic E-state index is 13.4. The molecule has 0 aliphatic heterocycles. The van der Waals surface area contributed by atoms with Gasteiger partial charge in [-0.3, -0.25) is 0 Å². The number of nitrogens with one attached hydrogen (secondary N) is 2. The first-order valence-corrected chi connectivity index (χ1v) is 4.57. The Labute approximate surface area is 85.3 Å². The molecule has 14 heavy (non-hydrogen) atoms. The van der Waals surface area contributed by atoms with Crippen molar-refractivity contribution in [3.63, 3.8) is 0 Å². The first-order chi connectivity index (χ1) is 6.72. The SMILES string of the molecule is CNCc1nc2c(F)c(Cl)ccc2[nH]1. The van der Waals surface area contributed by atoms with Crippen LogP contribution < -0.4 is 5.32 Å². The molecule has 0 saturated heterocycles. The second-order valence-corrected chi connectivity index (χ2v) is 3.38. The Balaban J connectivity index is 2.59. The smallest absolute Gasteiger partial charge is 0.169 e. The molecule has 0 amide bonds. The molecule has 0 atom stereocenters. The molecule has 0 saturated carbocycles. The quantitative estimate of drug-likeness (QED) is 0.802. The third-order valence-corrected chi connectivity index (χ3v) is 2.23. The fourth-order valence-corrected chi connectivity index (χ4v) is 1.47. The minimum absolute atomic E-state index is 0.0972. The van der Waals surface area contributed by atoms with E-state index in [4.69, 9.17) is 11.6 Å². The zero-order chi connectivity index (χ0) is 10.1. The van der Waals surface area contributed by atoms with Crippen molar-refractivity contribution in [1.82, 2.24) is 15.3 Å². The molecule has 5 heteroatoms. The van der Waals surface area contributed by atoms with Crippen molar-refractivity contribution in [1.29, 1.82) is 0 Å². The average Bonchev–Trinajstić information content (AvgIpc) is 2.56. The van der Waals surface area contributed by atoms with Crippen molar-refractivity contribution >= 4 is 22.6 Å². The van der Waals surface area contributed by atoms with Crippen LogP contribution in [0.25, 0.3) is 11.0 Å². The van der Waals surface area contributed by atoms with E-state index in [0.717, 1.165) is 0 Å². The number of imidazole rings is 1. The molecule has 0 unspecified atom stereocenters. The number of nitrogens with zero attached hydrogens (tertiary/aromatic N) is 1.